The van der Waals surface area contributed by atoms with Crippen LogP contribution in [0.2, 0.25) is 58.9 Å². The fraction of sp³-hybridized carbons (Fsp3) is 0.361. The zero-order chi connectivity index (χ0) is 126. The van der Waals surface area contributed by atoms with Crippen molar-refractivity contribution in [3.05, 3.63) is 333 Å². The van der Waals surface area contributed by atoms with E-state index >= 15 is 0 Å². The molecule has 2 unspecified atom stereocenters. The summed E-state index contributed by atoms with van der Waals surface area (Å²) < 4.78 is 237. The first-order valence-electron chi connectivity index (χ1n) is 65.2. The number of rotatable bonds is 15. The summed E-state index contributed by atoms with van der Waals surface area (Å²) >= 11 is 0. The Bertz CT molecular complexity index is 9630. The minimum Gasteiger partial charge on any atom is -0.486 e. The summed E-state index contributed by atoms with van der Waals surface area (Å²) in [5.41, 5.74) is 19.8. The minimum absolute atomic E-state index is 0. The standard InChI is InChI=1S/C45H49N3OSi.C26H25N2O.C22H21N2O.C21H24NSi.C19H26NSi.2Ir/c1-27(2)35-25-39-36-22-30-14-10-11-15-31(30)23-38(36)45(48(39)26-41(35)50(4,5)6)37-19-18-33-34-17-16-28(3)46-44(34)49-43(33)42(37)40-24-32(20-21-47(40)45)29-12-8-7-9-13-29;1-16-5-10-22-21-3-2-4-23(25(21)29-26(22)28-16)24-15-18(11-12-27-24)14-20-13-17-6-8-19(20)9-7-17;1-13(2)10-16-11-20(23-12-14(16)3)19-7-5-6-17-18-9-8-15(4)24-22(18)25-21(17)19;1-15(2)19-13-20(22-14-21(19)23(3,4)5)18-12-8-10-16-9-6-7-11-17(16)18;1-13(2)17-11-18(20-12-19(17)21(5,6)7)16-9-8-14(3)15(4)10-16;;/h16-27,29H,7-15H2,1-6H3;2-3,5,10-12,15,17,19-20H,6-9,13-14H2,1H3;5-6,8-9,11-13H,10H2,1-4H3;6-11,13-15H,1-5H3;8,10-13H,1-7H3;;/q+2;4*-1;;/i3D3,27D,29D;1D3,11D,12D,14D2,15D;3D3,4D3,10D2;15D;3D3,13D;;. The number of hydrogen-bond acceptors (Lipinski definition) is 10. The first-order valence-corrected chi connectivity index (χ1v) is 62.7. The average Bonchev–Trinajstić information content (AvgIpc) is 1.49. The molecule has 12 nitrogen and oxygen atoms in total. The molecule has 772 valence electrons. The number of hydrogen-bond donors (Lipinski definition) is 0. The maximum atomic E-state index is 9.75. The van der Waals surface area contributed by atoms with E-state index in [-0.39, 0.29) is 126 Å². The van der Waals surface area contributed by atoms with E-state index in [1.54, 1.807) is 63.2 Å². The quantitative estimate of drug-likeness (QED) is 0.0554. The molecule has 14 heterocycles. The second-order valence-corrected chi connectivity index (χ2v) is 60.1. The molecule has 17 heteroatoms. The van der Waals surface area contributed by atoms with Gasteiger partial charge in [-0.25, -0.2) is 15.0 Å². The van der Waals surface area contributed by atoms with Gasteiger partial charge in [0.15, 0.2) is 18.0 Å². The van der Waals surface area contributed by atoms with E-state index in [9.17, 15) is 2.74 Å². The molecular formula is C133H145Ir2N9O3Si3-2. The third-order valence-corrected chi connectivity index (χ3v) is 36.6. The molecule has 5 aliphatic carbocycles. The number of pyridine rings is 9. The van der Waals surface area contributed by atoms with E-state index in [0.717, 1.165) is 154 Å². The molecule has 7 aromatic carbocycles. The van der Waals surface area contributed by atoms with Crippen molar-refractivity contribution in [1.29, 1.82) is 0 Å². The molecule has 1 spiro atoms. The van der Waals surface area contributed by atoms with Gasteiger partial charge in [0.1, 0.15) is 16.7 Å². The molecule has 2 atom stereocenters. The van der Waals surface area contributed by atoms with E-state index < -0.39 is 113 Å². The number of aryl methyl sites for hydroxylation is 8. The van der Waals surface area contributed by atoms with Crippen molar-refractivity contribution < 1.29 is 98.2 Å². The zero-order valence-corrected chi connectivity index (χ0v) is 96.5. The minimum atomic E-state index is -2.53. The molecule has 150 heavy (non-hydrogen) atoms. The summed E-state index contributed by atoms with van der Waals surface area (Å²) in [5, 5.41) is 10.2. The first kappa shape index (κ1) is 78.6. The smallest absolute Gasteiger partial charge is 0.417 e. The van der Waals surface area contributed by atoms with Crippen LogP contribution in [0, 0.1) is 89.1 Å². The van der Waals surface area contributed by atoms with E-state index in [1.807, 2.05) is 90.3 Å². The van der Waals surface area contributed by atoms with E-state index in [0.29, 0.717) is 66.7 Å². The SMILES string of the molecule is [2H]C(C)(C)c1cc(-c2[c-]ccc3ccccc23)ncc1[Si](C)(C)C.[2H]C([2H])([2H])c1c[c-]c(-c2cc(C([2H])(C)C)c([Si](C)(C)C)cn2)cc1C.[2H]C([2H])([2H])c1ccc2c(n1)oc1c(-c3cc(C([2H])([2H])C(C)C)c(C([2H])([2H])[2H])cn3)[c-]ccc12.[2H]C([2H])([2H])c1ccc2c(n1)oc1c3c(ccc12)C1(c2cc4c(cc2-c2cc(C([2H])(C)C)c([Si](C)(C)C)c[n+]21)CCCC4)[n+]1ccc(C2([2H])CCCCC2)cc1-3.[2H]c1nc(-c2[c-]ccc3c2oc2nc(C([2H])([2H])[2H])ccc23)c([2H])c(C([2H])([2H])C2CC3CCC2CC3)c1[2H].[Ir].[Ir]. The average molecular weight is 2410 g/mol. The van der Waals surface area contributed by atoms with Gasteiger partial charge in [-0.2, -0.15) is 0 Å². The molecule has 4 saturated carbocycles. The summed E-state index contributed by atoms with van der Waals surface area (Å²) in [4.78, 5) is 30.8. The second kappa shape index (κ2) is 43.2. The largest absolute Gasteiger partial charge is 0.486 e. The zero-order valence-electron chi connectivity index (χ0n) is 115. The van der Waals surface area contributed by atoms with Gasteiger partial charge < -0.3 is 33.2 Å². The molecular weight excluding hydrogens is 2240 g/mol. The Labute approximate surface area is 955 Å². The fourth-order valence-corrected chi connectivity index (χ4v) is 27.9. The van der Waals surface area contributed by atoms with Crippen LogP contribution in [-0.4, -0.2) is 59.1 Å². The molecule has 12 aromatic heterocycles. The van der Waals surface area contributed by atoms with Gasteiger partial charge in [-0.15, -0.1) is 110 Å². The van der Waals surface area contributed by atoms with Crippen LogP contribution in [0.5, 0.6) is 0 Å². The molecule has 2 radical (unpaired) electrons. The predicted molar refractivity (Wildman–Crippen MR) is 620 cm³/mol. The summed E-state index contributed by atoms with van der Waals surface area (Å²) in [6.45, 7) is 25.9. The third-order valence-electron chi connectivity index (χ3n) is 30.5. The maximum absolute atomic E-state index is 9.75. The molecule has 7 aliphatic rings. The Morgan fingerprint density at radius 2 is 1.04 bits per heavy atom. The Morgan fingerprint density at radius 3 is 1.63 bits per heavy atom. The molecule has 26 rings (SSSR count). The van der Waals surface area contributed by atoms with E-state index in [1.165, 1.54) is 92.9 Å². The second-order valence-electron chi connectivity index (χ2n) is 45.0. The van der Waals surface area contributed by atoms with Crippen LogP contribution in [0.4, 0.5) is 0 Å². The van der Waals surface area contributed by atoms with Crippen molar-refractivity contribution in [2.75, 3.05) is 0 Å². The van der Waals surface area contributed by atoms with Gasteiger partial charge in [0.05, 0.1) is 45.1 Å². The number of benzene rings is 7. The fourth-order valence-electron chi connectivity index (χ4n) is 23.1. The van der Waals surface area contributed by atoms with Crippen molar-refractivity contribution in [1.82, 2.24) is 34.9 Å². The number of fused-ring (bicyclic) bond motifs is 25. The van der Waals surface area contributed by atoms with Gasteiger partial charge in [-0.3, -0.25) is 0 Å². The third kappa shape index (κ3) is 20.8. The first-order chi connectivity index (χ1) is 81.1. The Morgan fingerprint density at radius 1 is 0.487 bits per heavy atom. The Hall–Kier alpha value is -11.5. The van der Waals surface area contributed by atoms with Crippen LogP contribution >= 0.6 is 0 Å². The van der Waals surface area contributed by atoms with E-state index in [4.69, 9.17) is 51.1 Å². The summed E-state index contributed by atoms with van der Waals surface area (Å²) in [6, 6.07) is 65.5. The Balaban J connectivity index is 0.000000138. The van der Waals surface area contributed by atoms with Crippen LogP contribution in [0.25, 0.3) is 145 Å². The van der Waals surface area contributed by atoms with Crippen LogP contribution in [0.3, 0.4) is 0 Å². The van der Waals surface area contributed by atoms with Crippen LogP contribution < -0.4 is 24.7 Å². The Kier molecular flexibility index (Phi) is 22.6. The number of nitrogens with zero attached hydrogens (tertiary/aromatic N) is 9. The molecule has 0 saturated heterocycles. The molecule has 0 N–H and O–H groups in total. The maximum Gasteiger partial charge on any atom is 0.417 e. The van der Waals surface area contributed by atoms with Gasteiger partial charge >= 0.3 is 5.66 Å². The molecule has 2 aliphatic heterocycles. The van der Waals surface area contributed by atoms with Crippen molar-refractivity contribution in [3.8, 4) is 67.5 Å². The molecule has 2 bridgehead atoms. The van der Waals surface area contributed by atoms with Gasteiger partial charge in [0, 0.05) is 159 Å². The van der Waals surface area contributed by atoms with Crippen molar-refractivity contribution in [2.24, 2.45) is 23.7 Å². The van der Waals surface area contributed by atoms with Crippen LogP contribution in [0.15, 0.2) is 232 Å². The summed E-state index contributed by atoms with van der Waals surface area (Å²) in [5.74, 6) is -2.94. The molecule has 19 aromatic rings. The van der Waals surface area contributed by atoms with Crippen LogP contribution in [0.1, 0.15) is 281 Å². The number of furan rings is 3. The monoisotopic (exact) mass is 2410 g/mol. The summed E-state index contributed by atoms with van der Waals surface area (Å²) in [6.07, 6.45) is 19.7. The predicted octanol–water partition coefficient (Wildman–Crippen LogP) is 32.1. The van der Waals surface area contributed by atoms with Gasteiger partial charge in [0.25, 0.3) is 0 Å². The molecule has 0 amide bonds. The van der Waals surface area contributed by atoms with Gasteiger partial charge in [-0.05, 0) is 273 Å². The van der Waals surface area contributed by atoms with Crippen LogP contribution in [-0.2, 0) is 71.5 Å². The molecule has 4 fully saturated rings. The van der Waals surface area contributed by atoms with Gasteiger partial charge in [0.2, 0.25) is 28.5 Å². The topological polar surface area (TPSA) is 137 Å². The normalized spacial score (nSPS) is 20.2. The van der Waals surface area contributed by atoms with Crippen molar-refractivity contribution in [3.63, 3.8) is 0 Å². The van der Waals surface area contributed by atoms with Gasteiger partial charge in [-0.1, -0.05) is 258 Å². The van der Waals surface area contributed by atoms with Crippen molar-refractivity contribution >= 4 is 117 Å². The van der Waals surface area contributed by atoms with E-state index in [2.05, 4.69) is 201 Å². The van der Waals surface area contributed by atoms with Crippen molar-refractivity contribution in [2.45, 2.75) is 287 Å². The number of aromatic nitrogens is 9. The summed E-state index contributed by atoms with van der Waals surface area (Å²) in [7, 11) is -5.17.